The number of benzene rings is 3. The number of carbonyl (C=O) groups is 1. The van der Waals surface area contributed by atoms with Crippen molar-refractivity contribution in [2.45, 2.75) is 20.0 Å². The molecule has 2 aliphatic heterocycles. The Hall–Kier alpha value is -3.19. The van der Waals surface area contributed by atoms with Crippen LogP contribution in [0.4, 0.5) is 0 Å². The van der Waals surface area contributed by atoms with Crippen LogP contribution in [-0.4, -0.2) is 31.6 Å². The zero-order valence-electron chi connectivity index (χ0n) is 19.5. The van der Waals surface area contributed by atoms with Gasteiger partial charge in [0.05, 0.1) is 19.8 Å². The minimum absolute atomic E-state index is 0.179. The average Bonchev–Trinajstić information content (AvgIpc) is 3.16. The Labute approximate surface area is 213 Å². The minimum Gasteiger partial charge on any atom is -0.497 e. The molecule has 0 radical (unpaired) electrons. The highest BCUT2D eigenvalue weighted by molar-refractivity contribution is 6.35. The van der Waals surface area contributed by atoms with Crippen LogP contribution in [-0.2, 0) is 13.1 Å². The molecule has 0 saturated carbocycles. The summed E-state index contributed by atoms with van der Waals surface area (Å²) in [4.78, 5) is 15.4. The van der Waals surface area contributed by atoms with E-state index in [9.17, 15) is 4.79 Å². The largest absolute Gasteiger partial charge is 0.497 e. The molecular weight excluding hydrogens is 489 g/mol. The quantitative estimate of drug-likeness (QED) is 0.375. The van der Waals surface area contributed by atoms with Crippen LogP contribution in [0.1, 0.15) is 32.6 Å². The molecule has 0 fully saturated rings. The van der Waals surface area contributed by atoms with Crippen molar-refractivity contribution in [2.75, 3.05) is 21.0 Å². The molecule has 0 unspecified atom stereocenters. The number of rotatable bonds is 5. The van der Waals surface area contributed by atoms with Gasteiger partial charge in [-0.3, -0.25) is 9.69 Å². The molecule has 8 heteroatoms. The van der Waals surface area contributed by atoms with Crippen LogP contribution in [0.25, 0.3) is 6.08 Å². The molecule has 3 aromatic rings. The van der Waals surface area contributed by atoms with Gasteiger partial charge >= 0.3 is 0 Å². The van der Waals surface area contributed by atoms with Gasteiger partial charge in [0.2, 0.25) is 5.78 Å². The molecule has 0 N–H and O–H groups in total. The predicted molar refractivity (Wildman–Crippen MR) is 135 cm³/mol. The molecule has 0 spiro atoms. The van der Waals surface area contributed by atoms with Crippen molar-refractivity contribution < 1.29 is 23.7 Å². The van der Waals surface area contributed by atoms with Gasteiger partial charge in [-0.15, -0.1) is 0 Å². The second-order valence-corrected chi connectivity index (χ2v) is 9.25. The highest BCUT2D eigenvalue weighted by Crippen LogP contribution is 2.44. The third kappa shape index (κ3) is 4.45. The summed E-state index contributed by atoms with van der Waals surface area (Å²) in [5.74, 6) is 2.58. The molecule has 2 heterocycles. The van der Waals surface area contributed by atoms with E-state index in [0.29, 0.717) is 58.2 Å². The van der Waals surface area contributed by atoms with Gasteiger partial charge in [0.15, 0.2) is 5.76 Å². The standard InChI is InChI=1S/C27H23Cl2NO5/c1-15-26-18(13-30(14-34-26)12-17-4-6-19(28)10-22(17)29)8-21-25(31)24(35-27(15)21)9-16-5-7-20(32-2)11-23(16)33-3/h4-11H,12-14H2,1-3H3/b24-9-. The molecular formula is C27H23Cl2NO5. The van der Waals surface area contributed by atoms with Gasteiger partial charge in [-0.25, -0.2) is 0 Å². The summed E-state index contributed by atoms with van der Waals surface area (Å²) in [5.41, 5.74) is 3.93. The lowest BCUT2D eigenvalue weighted by atomic mass is 9.99. The van der Waals surface area contributed by atoms with Crippen LogP contribution in [0.3, 0.4) is 0 Å². The Morgan fingerprint density at radius 3 is 2.63 bits per heavy atom. The second-order valence-electron chi connectivity index (χ2n) is 8.41. The van der Waals surface area contributed by atoms with Crippen molar-refractivity contribution in [3.05, 3.63) is 86.1 Å². The van der Waals surface area contributed by atoms with Crippen LogP contribution < -0.4 is 18.9 Å². The molecule has 0 saturated heterocycles. The maximum Gasteiger partial charge on any atom is 0.231 e. The van der Waals surface area contributed by atoms with Crippen LogP contribution >= 0.6 is 23.2 Å². The molecule has 0 aromatic heterocycles. The maximum atomic E-state index is 13.3. The molecule has 0 aliphatic carbocycles. The van der Waals surface area contributed by atoms with Gasteiger partial charge in [0.25, 0.3) is 0 Å². The summed E-state index contributed by atoms with van der Waals surface area (Å²) < 4.78 is 22.8. The van der Waals surface area contributed by atoms with Crippen molar-refractivity contribution in [1.82, 2.24) is 4.90 Å². The first-order valence-electron chi connectivity index (χ1n) is 11.0. The van der Waals surface area contributed by atoms with E-state index in [2.05, 4.69) is 4.90 Å². The fraction of sp³-hybridized carbons (Fsp3) is 0.222. The lowest BCUT2D eigenvalue weighted by Gasteiger charge is -2.30. The van der Waals surface area contributed by atoms with Gasteiger partial charge in [-0.1, -0.05) is 29.3 Å². The van der Waals surface area contributed by atoms with E-state index in [1.54, 1.807) is 38.5 Å². The van der Waals surface area contributed by atoms with Gasteiger partial charge in [-0.05, 0) is 48.9 Å². The van der Waals surface area contributed by atoms with Gasteiger partial charge < -0.3 is 18.9 Å². The number of carbonyl (C=O) groups excluding carboxylic acids is 1. The molecule has 6 nitrogen and oxygen atoms in total. The van der Waals surface area contributed by atoms with E-state index in [-0.39, 0.29) is 11.5 Å². The van der Waals surface area contributed by atoms with Crippen LogP contribution in [0, 0.1) is 6.92 Å². The summed E-state index contributed by atoms with van der Waals surface area (Å²) in [6, 6.07) is 12.7. The number of allylic oxidation sites excluding steroid dienone is 1. The van der Waals surface area contributed by atoms with Gasteiger partial charge in [-0.2, -0.15) is 0 Å². The number of methoxy groups -OCH3 is 2. The molecule has 0 atom stereocenters. The Morgan fingerprint density at radius 2 is 1.89 bits per heavy atom. The molecule has 5 rings (SSSR count). The van der Waals surface area contributed by atoms with Crippen molar-refractivity contribution in [3.8, 4) is 23.0 Å². The maximum absolute atomic E-state index is 13.3. The number of Topliss-reactive ketones (excluding diaryl/α,β-unsaturated/α-hetero) is 1. The van der Waals surface area contributed by atoms with Gasteiger partial charge in [0.1, 0.15) is 29.7 Å². The van der Waals surface area contributed by atoms with Crippen molar-refractivity contribution >= 4 is 35.1 Å². The van der Waals surface area contributed by atoms with E-state index in [0.717, 1.165) is 22.4 Å². The molecule has 35 heavy (non-hydrogen) atoms. The number of halogens is 2. The first-order valence-corrected chi connectivity index (χ1v) is 11.8. The van der Waals surface area contributed by atoms with Crippen LogP contribution in [0.5, 0.6) is 23.0 Å². The van der Waals surface area contributed by atoms with E-state index in [1.165, 1.54) is 0 Å². The Bertz CT molecular complexity index is 1370. The third-order valence-corrected chi connectivity index (χ3v) is 6.73. The predicted octanol–water partition coefficient (Wildman–Crippen LogP) is 6.29. The van der Waals surface area contributed by atoms with Crippen molar-refractivity contribution in [1.29, 1.82) is 0 Å². The Kier molecular flexibility index (Phi) is 6.36. The van der Waals surface area contributed by atoms with Gasteiger partial charge in [0, 0.05) is 45.9 Å². The van der Waals surface area contributed by atoms with Crippen molar-refractivity contribution in [2.24, 2.45) is 0 Å². The highest BCUT2D eigenvalue weighted by atomic mass is 35.5. The van der Waals surface area contributed by atoms with E-state index < -0.39 is 0 Å². The fourth-order valence-corrected chi connectivity index (χ4v) is 4.84. The smallest absolute Gasteiger partial charge is 0.231 e. The monoisotopic (exact) mass is 511 g/mol. The summed E-state index contributed by atoms with van der Waals surface area (Å²) in [5, 5.41) is 1.21. The summed E-state index contributed by atoms with van der Waals surface area (Å²) in [6.07, 6.45) is 1.69. The molecule has 180 valence electrons. The number of hydrogen-bond acceptors (Lipinski definition) is 6. The number of ketones is 1. The fourth-order valence-electron chi connectivity index (χ4n) is 4.37. The molecule has 0 amide bonds. The minimum atomic E-state index is -0.179. The number of hydrogen-bond donors (Lipinski definition) is 0. The van der Waals surface area contributed by atoms with E-state index >= 15 is 0 Å². The second kappa shape index (κ2) is 9.46. The third-order valence-electron chi connectivity index (χ3n) is 6.14. The zero-order valence-corrected chi connectivity index (χ0v) is 21.0. The Morgan fingerprint density at radius 1 is 1.06 bits per heavy atom. The lowest BCUT2D eigenvalue weighted by molar-refractivity contribution is 0.0877. The van der Waals surface area contributed by atoms with Crippen molar-refractivity contribution in [3.63, 3.8) is 0 Å². The lowest BCUT2D eigenvalue weighted by Crippen LogP contribution is -2.32. The number of fused-ring (bicyclic) bond motifs is 2. The molecule has 2 aliphatic rings. The van der Waals surface area contributed by atoms with E-state index in [1.807, 2.05) is 31.2 Å². The average molecular weight is 512 g/mol. The first kappa shape index (κ1) is 23.5. The Balaban J connectivity index is 1.42. The normalized spacial score (nSPS) is 15.9. The molecule has 0 bridgehead atoms. The van der Waals surface area contributed by atoms with Crippen LogP contribution in [0.15, 0.2) is 48.2 Å². The highest BCUT2D eigenvalue weighted by Gasteiger charge is 2.34. The summed E-state index contributed by atoms with van der Waals surface area (Å²) in [7, 11) is 3.16. The zero-order chi connectivity index (χ0) is 24.7. The SMILES string of the molecule is COc1ccc(/C=C2\Oc3c(cc4c(c3C)OCN(Cc3ccc(Cl)cc3Cl)C4)C2=O)c(OC)c1. The number of nitrogens with zero attached hydrogens (tertiary/aromatic N) is 1. The first-order chi connectivity index (χ1) is 16.9. The van der Waals surface area contributed by atoms with E-state index in [4.69, 9.17) is 42.1 Å². The topological polar surface area (TPSA) is 57.2 Å². The number of ether oxygens (including phenoxy) is 4. The van der Waals surface area contributed by atoms with Crippen LogP contribution in [0.2, 0.25) is 10.0 Å². The molecule has 3 aromatic carbocycles. The summed E-state index contributed by atoms with van der Waals surface area (Å²) in [6.45, 7) is 3.51. The summed E-state index contributed by atoms with van der Waals surface area (Å²) >= 11 is 12.4.